The second-order valence-corrected chi connectivity index (χ2v) is 11.4. The summed E-state index contributed by atoms with van der Waals surface area (Å²) >= 11 is 3.04. The summed E-state index contributed by atoms with van der Waals surface area (Å²) in [5.74, 6) is -2.57. The third-order valence-corrected chi connectivity index (χ3v) is 6.71. The first-order valence-corrected chi connectivity index (χ1v) is 13.7. The molecule has 0 spiro atoms. The van der Waals surface area contributed by atoms with Gasteiger partial charge in [0.25, 0.3) is 0 Å². The maximum absolute atomic E-state index is 13.7. The van der Waals surface area contributed by atoms with Crippen molar-refractivity contribution < 1.29 is 41.0 Å². The highest BCUT2D eigenvalue weighted by atomic mass is 79.9. The van der Waals surface area contributed by atoms with Gasteiger partial charge >= 0.3 is 28.0 Å². The van der Waals surface area contributed by atoms with Crippen molar-refractivity contribution in [1.82, 2.24) is 29.1 Å². The van der Waals surface area contributed by atoms with Crippen molar-refractivity contribution in [3.63, 3.8) is 0 Å². The number of carbonyl (C=O) groups is 2. The molecule has 0 bridgehead atoms. The zero-order chi connectivity index (χ0) is 29.7. The Hall–Kier alpha value is -3.84. The van der Waals surface area contributed by atoms with Gasteiger partial charge in [-0.3, -0.25) is 9.32 Å². The molecule has 0 saturated carbocycles. The molecule has 19 heteroatoms. The first-order valence-electron chi connectivity index (χ1n) is 11.5. The summed E-state index contributed by atoms with van der Waals surface area (Å²) in [5.41, 5.74) is -0.892. The fraction of sp³-hybridized carbons (Fsp3) is 0.429. The number of anilines is 1. The van der Waals surface area contributed by atoms with E-state index < -0.39 is 46.0 Å². The lowest BCUT2D eigenvalue weighted by Crippen LogP contribution is -2.48. The fourth-order valence-electron chi connectivity index (χ4n) is 3.11. The molecule has 1 aromatic carbocycles. The van der Waals surface area contributed by atoms with E-state index in [0.29, 0.717) is 4.31 Å². The molecule has 1 amide bonds. The number of carbonyl (C=O) groups excluding carboxylic acids is 2. The van der Waals surface area contributed by atoms with Crippen LogP contribution in [0.2, 0.25) is 0 Å². The van der Waals surface area contributed by atoms with Gasteiger partial charge in [-0.1, -0.05) is 5.16 Å². The lowest BCUT2D eigenvalue weighted by Gasteiger charge is -2.24. The van der Waals surface area contributed by atoms with Gasteiger partial charge in [0.1, 0.15) is 18.0 Å². The third kappa shape index (κ3) is 7.85. The molecule has 16 nitrogen and oxygen atoms in total. The van der Waals surface area contributed by atoms with Crippen LogP contribution in [0.3, 0.4) is 0 Å². The van der Waals surface area contributed by atoms with Crippen LogP contribution in [-0.2, 0) is 24.5 Å². The van der Waals surface area contributed by atoms with Crippen molar-refractivity contribution >= 4 is 44.0 Å². The SMILES string of the molecule is CCOC(=O)CN(CCNc1nonc1-c1noc(=O)n1-c1ccc(F)c(Br)c1)S(=O)(=O)NC(=O)OC(C)(C)C. The molecule has 0 atom stereocenters. The van der Waals surface area contributed by atoms with Gasteiger partial charge in [-0.25, -0.2) is 27.9 Å². The molecular formula is C21H25BrFN7O9S. The normalized spacial score (nSPS) is 11.9. The number of amides is 1. The molecule has 0 aliphatic heterocycles. The van der Waals surface area contributed by atoms with Crippen LogP contribution in [0.25, 0.3) is 17.2 Å². The van der Waals surface area contributed by atoms with Gasteiger partial charge in [0, 0.05) is 13.1 Å². The smallest absolute Gasteiger partial charge is 0.446 e. The minimum Gasteiger partial charge on any atom is -0.465 e. The molecule has 0 unspecified atom stereocenters. The zero-order valence-electron chi connectivity index (χ0n) is 21.6. The van der Waals surface area contributed by atoms with E-state index >= 15 is 0 Å². The van der Waals surface area contributed by atoms with E-state index in [1.165, 1.54) is 12.1 Å². The molecule has 3 rings (SSSR count). The molecular weight excluding hydrogens is 625 g/mol. The van der Waals surface area contributed by atoms with Gasteiger partial charge in [0.15, 0.2) is 5.69 Å². The highest BCUT2D eigenvalue weighted by Gasteiger charge is 2.30. The molecule has 0 saturated heterocycles. The van der Waals surface area contributed by atoms with E-state index in [2.05, 4.69) is 36.7 Å². The third-order valence-electron chi connectivity index (χ3n) is 4.68. The van der Waals surface area contributed by atoms with E-state index in [0.717, 1.165) is 10.6 Å². The van der Waals surface area contributed by atoms with Crippen molar-refractivity contribution in [2.45, 2.75) is 33.3 Å². The van der Waals surface area contributed by atoms with Crippen LogP contribution in [0.1, 0.15) is 27.7 Å². The summed E-state index contributed by atoms with van der Waals surface area (Å²) in [6.07, 6.45) is -1.24. The van der Waals surface area contributed by atoms with Gasteiger partial charge in [-0.15, -0.1) is 0 Å². The quantitative estimate of drug-likeness (QED) is 0.285. The Balaban J connectivity index is 1.80. The number of hydrogen-bond acceptors (Lipinski definition) is 13. The van der Waals surface area contributed by atoms with Crippen LogP contribution in [0.5, 0.6) is 0 Å². The molecule has 0 aliphatic carbocycles. The van der Waals surface area contributed by atoms with Crippen molar-refractivity contribution in [3.05, 3.63) is 39.0 Å². The van der Waals surface area contributed by atoms with Crippen LogP contribution in [0.15, 0.2) is 36.6 Å². The Morgan fingerprint density at radius 2 is 1.95 bits per heavy atom. The molecule has 3 aromatic rings. The fourth-order valence-corrected chi connectivity index (χ4v) is 4.46. The molecule has 2 N–H and O–H groups in total. The second-order valence-electron chi connectivity index (χ2n) is 8.84. The van der Waals surface area contributed by atoms with Crippen molar-refractivity contribution in [3.8, 4) is 17.2 Å². The summed E-state index contributed by atoms with van der Waals surface area (Å²) in [4.78, 5) is 36.5. The van der Waals surface area contributed by atoms with E-state index in [9.17, 15) is 27.2 Å². The van der Waals surface area contributed by atoms with E-state index in [1.54, 1.807) is 32.4 Å². The average molecular weight is 650 g/mol. The number of halogens is 2. The standard InChI is InChI=1S/C21H25BrFN7O9S/c1-5-36-15(31)11-29(40(34,35)28-19(32)37-21(2,3)4)9-8-24-17-16(25-39-26-17)18-27-38-20(33)30(18)12-6-7-14(23)13(22)10-12/h6-7,10H,5,8-9,11H2,1-4H3,(H,24,26)(H,28,32). The zero-order valence-corrected chi connectivity index (χ0v) is 24.0. The first kappa shape index (κ1) is 30.7. The Bertz CT molecular complexity index is 1530. The number of aromatic nitrogens is 4. The van der Waals surface area contributed by atoms with Crippen LogP contribution in [-0.4, -0.2) is 76.7 Å². The number of hydrogen-bond donors (Lipinski definition) is 2. The van der Waals surface area contributed by atoms with Crippen molar-refractivity contribution in [2.24, 2.45) is 0 Å². The van der Waals surface area contributed by atoms with Crippen molar-refractivity contribution in [2.75, 3.05) is 31.6 Å². The van der Waals surface area contributed by atoms with Crippen LogP contribution >= 0.6 is 15.9 Å². The highest BCUT2D eigenvalue weighted by molar-refractivity contribution is 9.10. The minimum absolute atomic E-state index is 0.00244. The maximum Gasteiger partial charge on any atom is 0.446 e. The molecule has 0 radical (unpaired) electrons. The Morgan fingerprint density at radius 3 is 2.60 bits per heavy atom. The molecule has 2 heterocycles. The largest absolute Gasteiger partial charge is 0.465 e. The lowest BCUT2D eigenvalue weighted by molar-refractivity contribution is -0.143. The van der Waals surface area contributed by atoms with Crippen LogP contribution < -0.4 is 15.8 Å². The number of ether oxygens (including phenoxy) is 2. The monoisotopic (exact) mass is 649 g/mol. The predicted molar refractivity (Wildman–Crippen MR) is 138 cm³/mol. The van der Waals surface area contributed by atoms with E-state index in [1.807, 2.05) is 0 Å². The Labute approximate surface area is 235 Å². The molecule has 218 valence electrons. The average Bonchev–Trinajstić information content (AvgIpc) is 3.44. The van der Waals surface area contributed by atoms with Gasteiger partial charge < -0.3 is 14.8 Å². The summed E-state index contributed by atoms with van der Waals surface area (Å²) in [6, 6.07) is 3.74. The molecule has 2 aromatic heterocycles. The summed E-state index contributed by atoms with van der Waals surface area (Å²) in [7, 11) is -4.56. The van der Waals surface area contributed by atoms with Gasteiger partial charge in [0.05, 0.1) is 16.8 Å². The maximum atomic E-state index is 13.7. The number of nitrogens with zero attached hydrogens (tertiary/aromatic N) is 5. The number of nitrogens with one attached hydrogen (secondary N) is 2. The summed E-state index contributed by atoms with van der Waals surface area (Å²) in [5, 5.41) is 13.9. The topological polar surface area (TPSA) is 201 Å². The molecule has 40 heavy (non-hydrogen) atoms. The van der Waals surface area contributed by atoms with Crippen molar-refractivity contribution in [1.29, 1.82) is 0 Å². The Morgan fingerprint density at radius 1 is 1.23 bits per heavy atom. The lowest BCUT2D eigenvalue weighted by atomic mass is 10.2. The minimum atomic E-state index is -4.56. The predicted octanol–water partition coefficient (Wildman–Crippen LogP) is 1.82. The highest BCUT2D eigenvalue weighted by Crippen LogP contribution is 2.26. The number of rotatable bonds is 11. The first-order chi connectivity index (χ1) is 18.7. The summed E-state index contributed by atoms with van der Waals surface area (Å²) in [6.45, 7) is 4.90. The molecule has 0 fully saturated rings. The Kier molecular flexibility index (Phi) is 9.64. The van der Waals surface area contributed by atoms with Crippen LogP contribution in [0.4, 0.5) is 15.0 Å². The number of esters is 1. The second kappa shape index (κ2) is 12.6. The van der Waals surface area contributed by atoms with E-state index in [4.69, 9.17) is 18.6 Å². The number of benzene rings is 1. The molecule has 0 aliphatic rings. The van der Waals surface area contributed by atoms with Crippen LogP contribution in [0, 0.1) is 5.82 Å². The van der Waals surface area contributed by atoms with Gasteiger partial charge in [-0.05, 0) is 72.1 Å². The van der Waals surface area contributed by atoms with Gasteiger partial charge in [-0.2, -0.15) is 12.7 Å². The van der Waals surface area contributed by atoms with E-state index in [-0.39, 0.29) is 47.2 Å². The van der Waals surface area contributed by atoms with Gasteiger partial charge in [0.2, 0.25) is 11.6 Å². The summed E-state index contributed by atoms with van der Waals surface area (Å²) < 4.78 is 62.2.